The summed E-state index contributed by atoms with van der Waals surface area (Å²) in [6.07, 6.45) is 3.37. The summed E-state index contributed by atoms with van der Waals surface area (Å²) in [4.78, 5) is 26.7. The van der Waals surface area contributed by atoms with Crippen LogP contribution in [-0.2, 0) is 26.2 Å². The molecule has 1 saturated carbocycles. The Kier molecular flexibility index (Phi) is 5.36. The molecule has 2 fully saturated rings. The van der Waals surface area contributed by atoms with Crippen molar-refractivity contribution >= 4 is 27.5 Å². The minimum Gasteiger partial charge on any atom is -0.280 e. The molecule has 2 unspecified atom stereocenters. The van der Waals surface area contributed by atoms with Gasteiger partial charge in [-0.1, -0.05) is 31.0 Å². The lowest BCUT2D eigenvalue weighted by Gasteiger charge is -2.19. The van der Waals surface area contributed by atoms with E-state index in [0.29, 0.717) is 11.1 Å². The summed E-state index contributed by atoms with van der Waals surface area (Å²) in [6, 6.07) is 10.0. The van der Waals surface area contributed by atoms with Crippen LogP contribution in [0.15, 0.2) is 47.4 Å². The van der Waals surface area contributed by atoms with Crippen LogP contribution in [0.25, 0.3) is 0 Å². The summed E-state index contributed by atoms with van der Waals surface area (Å²) in [5, 5.41) is 0. The molecule has 0 radical (unpaired) electrons. The number of fused-ring (bicyclic) bond motifs is 1. The monoisotopic (exact) mass is 430 g/mol. The molecule has 0 aromatic heterocycles. The maximum Gasteiger partial charge on any atom is 0.262 e. The molecular formula is C22H23FN2O4S. The van der Waals surface area contributed by atoms with Crippen molar-refractivity contribution in [3.8, 4) is 0 Å². The predicted octanol–water partition coefficient (Wildman–Crippen LogP) is 3.61. The zero-order chi connectivity index (χ0) is 21.5. The number of nitrogens with one attached hydrogen (secondary N) is 1. The van der Waals surface area contributed by atoms with Crippen molar-refractivity contribution in [3.63, 3.8) is 0 Å². The molecule has 2 aromatic rings. The van der Waals surface area contributed by atoms with E-state index in [1.807, 2.05) is 0 Å². The number of amides is 2. The molecule has 6 nitrogen and oxygen atoms in total. The zero-order valence-electron chi connectivity index (χ0n) is 16.6. The molecule has 30 heavy (non-hydrogen) atoms. The van der Waals surface area contributed by atoms with Crippen LogP contribution in [0.1, 0.15) is 36.8 Å². The number of rotatable bonds is 5. The van der Waals surface area contributed by atoms with E-state index in [9.17, 15) is 22.4 Å². The first-order chi connectivity index (χ1) is 14.3. The van der Waals surface area contributed by atoms with Crippen LogP contribution in [0.2, 0.25) is 0 Å². The molecular weight excluding hydrogens is 407 g/mol. The van der Waals surface area contributed by atoms with E-state index in [0.717, 1.165) is 31.7 Å². The number of anilines is 1. The zero-order valence-corrected chi connectivity index (χ0v) is 17.4. The Morgan fingerprint density at radius 2 is 1.70 bits per heavy atom. The van der Waals surface area contributed by atoms with Gasteiger partial charge in [0.05, 0.1) is 29.0 Å². The van der Waals surface area contributed by atoms with E-state index in [-0.39, 0.29) is 40.8 Å². The predicted molar refractivity (Wildman–Crippen MR) is 109 cm³/mol. The van der Waals surface area contributed by atoms with E-state index in [1.54, 1.807) is 19.1 Å². The first-order valence-electron chi connectivity index (χ1n) is 9.99. The Morgan fingerprint density at radius 1 is 1.03 bits per heavy atom. The molecule has 1 heterocycles. The molecule has 1 aliphatic carbocycles. The Hall–Kier alpha value is -2.74. The van der Waals surface area contributed by atoms with E-state index < -0.39 is 15.8 Å². The second-order valence-corrected chi connectivity index (χ2v) is 9.63. The number of halogens is 1. The average Bonchev–Trinajstić information content (AvgIpc) is 2.94. The summed E-state index contributed by atoms with van der Waals surface area (Å²) in [6.45, 7) is 1.71. The van der Waals surface area contributed by atoms with E-state index >= 15 is 0 Å². The minimum atomic E-state index is -3.97. The van der Waals surface area contributed by atoms with Crippen LogP contribution < -0.4 is 4.72 Å². The van der Waals surface area contributed by atoms with Gasteiger partial charge in [-0.3, -0.25) is 19.2 Å². The van der Waals surface area contributed by atoms with Crippen LogP contribution in [0.3, 0.4) is 0 Å². The van der Waals surface area contributed by atoms with Crippen molar-refractivity contribution in [3.05, 3.63) is 59.4 Å². The molecule has 1 saturated heterocycles. The van der Waals surface area contributed by atoms with E-state index in [4.69, 9.17) is 0 Å². The number of aryl methyl sites for hydroxylation is 1. The van der Waals surface area contributed by atoms with Gasteiger partial charge in [0.1, 0.15) is 5.82 Å². The molecule has 1 N–H and O–H groups in total. The molecule has 2 amide bonds. The molecule has 2 aliphatic rings. The van der Waals surface area contributed by atoms with Crippen LogP contribution >= 0.6 is 0 Å². The van der Waals surface area contributed by atoms with Gasteiger partial charge in [0, 0.05) is 0 Å². The molecule has 0 spiro atoms. The molecule has 2 aromatic carbocycles. The van der Waals surface area contributed by atoms with Crippen molar-refractivity contribution in [2.75, 3.05) is 4.72 Å². The van der Waals surface area contributed by atoms with Gasteiger partial charge in [-0.05, 0) is 55.2 Å². The lowest BCUT2D eigenvalue weighted by molar-refractivity contribution is -0.140. The highest BCUT2D eigenvalue weighted by molar-refractivity contribution is 7.92. The van der Waals surface area contributed by atoms with Crippen LogP contribution in [-0.4, -0.2) is 25.1 Å². The number of hydrogen-bond acceptors (Lipinski definition) is 4. The number of likely N-dealkylation sites (tertiary alicyclic amines) is 1. The largest absolute Gasteiger partial charge is 0.280 e. The maximum absolute atomic E-state index is 13.4. The van der Waals surface area contributed by atoms with Gasteiger partial charge in [-0.2, -0.15) is 0 Å². The van der Waals surface area contributed by atoms with Crippen molar-refractivity contribution in [2.45, 2.75) is 44.0 Å². The summed E-state index contributed by atoms with van der Waals surface area (Å²) < 4.78 is 41.5. The van der Waals surface area contributed by atoms with Crippen molar-refractivity contribution in [1.29, 1.82) is 0 Å². The number of nitrogens with zero attached hydrogens (tertiary/aromatic N) is 1. The fraction of sp³-hybridized carbons (Fsp3) is 0.364. The van der Waals surface area contributed by atoms with Crippen LogP contribution in [0, 0.1) is 24.6 Å². The molecule has 4 rings (SSSR count). The highest BCUT2D eigenvalue weighted by atomic mass is 32.2. The number of carbonyl (C=O) groups is 2. The van der Waals surface area contributed by atoms with Crippen LogP contribution in [0.4, 0.5) is 10.1 Å². The van der Waals surface area contributed by atoms with Crippen molar-refractivity contribution in [1.82, 2.24) is 4.90 Å². The third-order valence-electron chi connectivity index (χ3n) is 5.89. The molecule has 158 valence electrons. The topological polar surface area (TPSA) is 83.6 Å². The standard InChI is InChI=1S/C22H23FN2O4S/c1-14-9-10-15(13-25-21(26)18-7-2-3-8-19(18)22(25)27)11-20(14)30(28,29)24-17-6-4-5-16(23)12-17/h4-6,9-12,18-19,24H,2-3,7-8,13H2,1H3. The lowest BCUT2D eigenvalue weighted by Crippen LogP contribution is -2.30. The van der Waals surface area contributed by atoms with Crippen molar-refractivity contribution < 1.29 is 22.4 Å². The highest BCUT2D eigenvalue weighted by Crippen LogP contribution is 2.38. The fourth-order valence-corrected chi connectivity index (χ4v) is 5.71. The second-order valence-electron chi connectivity index (χ2n) is 7.98. The summed E-state index contributed by atoms with van der Waals surface area (Å²) in [5.41, 5.74) is 1.18. The third kappa shape index (κ3) is 3.84. The third-order valence-corrected chi connectivity index (χ3v) is 7.42. The Labute approximate surface area is 175 Å². The number of hydrogen-bond donors (Lipinski definition) is 1. The molecule has 1 aliphatic heterocycles. The van der Waals surface area contributed by atoms with Gasteiger partial charge < -0.3 is 0 Å². The quantitative estimate of drug-likeness (QED) is 0.735. The van der Waals surface area contributed by atoms with Gasteiger partial charge >= 0.3 is 0 Å². The first kappa shape index (κ1) is 20.5. The van der Waals surface area contributed by atoms with Gasteiger partial charge in [0.25, 0.3) is 10.0 Å². The van der Waals surface area contributed by atoms with Gasteiger partial charge in [-0.25, -0.2) is 12.8 Å². The lowest BCUT2D eigenvalue weighted by atomic mass is 9.81. The normalized spacial score (nSPS) is 21.6. The molecule has 0 bridgehead atoms. The smallest absolute Gasteiger partial charge is 0.262 e. The SMILES string of the molecule is Cc1ccc(CN2C(=O)C3CCCCC3C2=O)cc1S(=O)(=O)Nc1cccc(F)c1. The first-order valence-corrected chi connectivity index (χ1v) is 11.5. The van der Waals surface area contributed by atoms with Gasteiger partial charge in [0.2, 0.25) is 11.8 Å². The number of imide groups is 1. The van der Waals surface area contributed by atoms with Gasteiger partial charge in [-0.15, -0.1) is 0 Å². The number of benzene rings is 2. The number of carbonyl (C=O) groups excluding carboxylic acids is 2. The summed E-state index contributed by atoms with van der Waals surface area (Å²) in [7, 11) is -3.97. The van der Waals surface area contributed by atoms with E-state index in [1.165, 1.54) is 29.2 Å². The Morgan fingerprint density at radius 3 is 2.33 bits per heavy atom. The Balaban J connectivity index is 1.59. The summed E-state index contributed by atoms with van der Waals surface area (Å²) in [5.74, 6) is -1.35. The van der Waals surface area contributed by atoms with Crippen molar-refractivity contribution in [2.24, 2.45) is 11.8 Å². The fourth-order valence-electron chi connectivity index (χ4n) is 4.36. The van der Waals surface area contributed by atoms with Crippen LogP contribution in [0.5, 0.6) is 0 Å². The highest BCUT2D eigenvalue weighted by Gasteiger charge is 2.47. The average molecular weight is 431 g/mol. The maximum atomic E-state index is 13.4. The Bertz CT molecular complexity index is 1090. The van der Waals surface area contributed by atoms with Gasteiger partial charge in [0.15, 0.2) is 0 Å². The van der Waals surface area contributed by atoms with E-state index in [2.05, 4.69) is 4.72 Å². The second kappa shape index (κ2) is 7.83. The molecule has 8 heteroatoms. The summed E-state index contributed by atoms with van der Waals surface area (Å²) >= 11 is 0. The number of sulfonamides is 1. The minimum absolute atomic E-state index is 0.0285. The molecule has 2 atom stereocenters.